The van der Waals surface area contributed by atoms with Gasteiger partial charge in [-0.25, -0.2) is 18.1 Å². The Morgan fingerprint density at radius 1 is 1.50 bits per heavy atom. The quantitative estimate of drug-likeness (QED) is 0.846. The van der Waals surface area contributed by atoms with E-state index in [0.717, 1.165) is 31.8 Å². The van der Waals surface area contributed by atoms with Crippen LogP contribution in [-0.4, -0.2) is 37.1 Å². The van der Waals surface area contributed by atoms with E-state index in [2.05, 4.69) is 28.9 Å². The van der Waals surface area contributed by atoms with E-state index < -0.39 is 10.0 Å². The summed E-state index contributed by atoms with van der Waals surface area (Å²) in [4.78, 5) is 4.18. The molecule has 2 heterocycles. The fraction of sp³-hybridized carbons (Fsp3) is 0.769. The molecule has 0 radical (unpaired) electrons. The molecule has 2 rings (SSSR count). The molecule has 7 heteroatoms. The standard InChI is InChI=1S/C13H24N4O2S/c1-4-5-17-9-13(15-11(17)3)20(18,19)16-12-6-10(2)7-14-8-12/h9-10,12,14,16H,4-8H2,1-3H3. The molecule has 2 unspecified atom stereocenters. The van der Waals surface area contributed by atoms with Crippen molar-refractivity contribution in [2.45, 2.75) is 51.2 Å². The van der Waals surface area contributed by atoms with Crippen LogP contribution in [0.1, 0.15) is 32.5 Å². The largest absolute Gasteiger partial charge is 0.334 e. The molecule has 2 N–H and O–H groups in total. The number of hydrogen-bond donors (Lipinski definition) is 2. The molecule has 1 saturated heterocycles. The smallest absolute Gasteiger partial charge is 0.259 e. The highest BCUT2D eigenvalue weighted by atomic mass is 32.2. The van der Waals surface area contributed by atoms with Crippen molar-refractivity contribution in [3.8, 4) is 0 Å². The molecule has 0 aliphatic carbocycles. The lowest BCUT2D eigenvalue weighted by Crippen LogP contribution is -2.48. The summed E-state index contributed by atoms with van der Waals surface area (Å²) in [6.45, 7) is 8.42. The van der Waals surface area contributed by atoms with E-state index in [1.807, 2.05) is 11.5 Å². The first-order chi connectivity index (χ1) is 9.42. The number of piperidine rings is 1. The van der Waals surface area contributed by atoms with Gasteiger partial charge in [0.15, 0.2) is 5.03 Å². The lowest BCUT2D eigenvalue weighted by molar-refractivity contribution is 0.346. The molecule has 2 atom stereocenters. The van der Waals surface area contributed by atoms with Gasteiger partial charge in [-0.2, -0.15) is 0 Å². The Morgan fingerprint density at radius 2 is 2.25 bits per heavy atom. The SMILES string of the molecule is CCCn1cc(S(=O)(=O)NC2CNCC(C)C2)nc1C. The Labute approximate surface area is 121 Å². The summed E-state index contributed by atoms with van der Waals surface area (Å²) in [5.74, 6) is 1.22. The second-order valence-corrected chi connectivity index (χ2v) is 7.30. The van der Waals surface area contributed by atoms with Crippen LogP contribution in [0.3, 0.4) is 0 Å². The number of rotatable bonds is 5. The molecule has 1 aromatic heterocycles. The molecule has 0 aromatic carbocycles. The van der Waals surface area contributed by atoms with Gasteiger partial charge in [-0.1, -0.05) is 13.8 Å². The van der Waals surface area contributed by atoms with Crippen LogP contribution in [0.5, 0.6) is 0 Å². The van der Waals surface area contributed by atoms with Crippen molar-refractivity contribution >= 4 is 10.0 Å². The summed E-state index contributed by atoms with van der Waals surface area (Å²) in [6.07, 6.45) is 3.44. The minimum absolute atomic E-state index is 0.0552. The number of aromatic nitrogens is 2. The fourth-order valence-electron chi connectivity index (χ4n) is 2.60. The molecular formula is C13H24N4O2S. The minimum atomic E-state index is -3.53. The zero-order chi connectivity index (χ0) is 14.8. The van der Waals surface area contributed by atoms with Crippen molar-refractivity contribution in [3.63, 3.8) is 0 Å². The van der Waals surface area contributed by atoms with Crippen LogP contribution in [-0.2, 0) is 16.6 Å². The predicted octanol–water partition coefficient (Wildman–Crippen LogP) is 0.878. The van der Waals surface area contributed by atoms with Crippen LogP contribution in [0.15, 0.2) is 11.2 Å². The summed E-state index contributed by atoms with van der Waals surface area (Å²) in [7, 11) is -3.53. The molecule has 6 nitrogen and oxygen atoms in total. The van der Waals surface area contributed by atoms with Crippen molar-refractivity contribution in [1.82, 2.24) is 19.6 Å². The van der Waals surface area contributed by atoms with Crippen LogP contribution >= 0.6 is 0 Å². The van der Waals surface area contributed by atoms with Crippen LogP contribution in [0.25, 0.3) is 0 Å². The van der Waals surface area contributed by atoms with Crippen molar-refractivity contribution in [3.05, 3.63) is 12.0 Å². The molecule has 1 aliphatic rings. The van der Waals surface area contributed by atoms with Crippen molar-refractivity contribution in [2.24, 2.45) is 5.92 Å². The minimum Gasteiger partial charge on any atom is -0.334 e. The monoisotopic (exact) mass is 300 g/mol. The third kappa shape index (κ3) is 3.59. The third-order valence-corrected chi connectivity index (χ3v) is 4.98. The Hall–Kier alpha value is -0.920. The molecule has 0 amide bonds. The van der Waals surface area contributed by atoms with Crippen molar-refractivity contribution in [1.29, 1.82) is 0 Å². The maximum Gasteiger partial charge on any atom is 0.259 e. The average Bonchev–Trinajstić information content (AvgIpc) is 2.72. The van der Waals surface area contributed by atoms with E-state index in [1.165, 1.54) is 0 Å². The van der Waals surface area contributed by atoms with Crippen molar-refractivity contribution in [2.75, 3.05) is 13.1 Å². The zero-order valence-electron chi connectivity index (χ0n) is 12.4. The zero-order valence-corrected chi connectivity index (χ0v) is 13.2. The van der Waals surface area contributed by atoms with E-state index in [0.29, 0.717) is 12.5 Å². The van der Waals surface area contributed by atoms with E-state index in [-0.39, 0.29) is 11.1 Å². The topological polar surface area (TPSA) is 76.0 Å². The van der Waals surface area contributed by atoms with Crippen molar-refractivity contribution < 1.29 is 8.42 Å². The number of aryl methyl sites for hydroxylation is 2. The molecule has 20 heavy (non-hydrogen) atoms. The van der Waals surface area contributed by atoms with Gasteiger partial charge in [0.05, 0.1) is 0 Å². The van der Waals surface area contributed by atoms with Gasteiger partial charge in [-0.15, -0.1) is 0 Å². The average molecular weight is 300 g/mol. The summed E-state index contributed by atoms with van der Waals surface area (Å²) in [5.41, 5.74) is 0. The van der Waals surface area contributed by atoms with Crippen LogP contribution < -0.4 is 10.0 Å². The molecule has 1 aromatic rings. The summed E-state index contributed by atoms with van der Waals surface area (Å²) in [5, 5.41) is 3.37. The summed E-state index contributed by atoms with van der Waals surface area (Å²) in [6, 6.07) is -0.0552. The van der Waals surface area contributed by atoms with Gasteiger partial charge < -0.3 is 9.88 Å². The van der Waals surface area contributed by atoms with Gasteiger partial charge in [-0.05, 0) is 32.2 Å². The highest BCUT2D eigenvalue weighted by molar-refractivity contribution is 7.89. The van der Waals surface area contributed by atoms with E-state index in [9.17, 15) is 8.42 Å². The summed E-state index contributed by atoms with van der Waals surface area (Å²) >= 11 is 0. The Kier molecular flexibility index (Phi) is 4.82. The maximum atomic E-state index is 12.4. The molecule has 1 aliphatic heterocycles. The van der Waals surface area contributed by atoms with Gasteiger partial charge in [0.2, 0.25) is 0 Å². The van der Waals surface area contributed by atoms with E-state index in [1.54, 1.807) is 6.20 Å². The number of hydrogen-bond acceptors (Lipinski definition) is 4. The van der Waals surface area contributed by atoms with Gasteiger partial charge >= 0.3 is 0 Å². The fourth-order valence-corrected chi connectivity index (χ4v) is 3.86. The molecule has 0 bridgehead atoms. The van der Waals surface area contributed by atoms with Crippen LogP contribution in [0, 0.1) is 12.8 Å². The van der Waals surface area contributed by atoms with E-state index >= 15 is 0 Å². The molecular weight excluding hydrogens is 276 g/mol. The third-order valence-electron chi connectivity index (χ3n) is 3.59. The first kappa shape index (κ1) is 15.5. The second-order valence-electron chi connectivity index (χ2n) is 5.64. The van der Waals surface area contributed by atoms with Crippen LogP contribution in [0.2, 0.25) is 0 Å². The van der Waals surface area contributed by atoms with Gasteiger partial charge in [0, 0.05) is 25.3 Å². The Balaban J connectivity index is 2.11. The Morgan fingerprint density at radius 3 is 2.90 bits per heavy atom. The molecule has 0 spiro atoms. The molecule has 1 fully saturated rings. The number of nitrogens with one attached hydrogen (secondary N) is 2. The number of imidazole rings is 1. The highest BCUT2D eigenvalue weighted by Crippen LogP contribution is 2.14. The molecule has 114 valence electrons. The normalized spacial score (nSPS) is 23.9. The highest BCUT2D eigenvalue weighted by Gasteiger charge is 2.26. The second kappa shape index (κ2) is 6.24. The predicted molar refractivity (Wildman–Crippen MR) is 78.0 cm³/mol. The lowest BCUT2D eigenvalue weighted by atomic mass is 9.99. The Bertz CT molecular complexity index is 553. The van der Waals surface area contributed by atoms with Crippen LogP contribution in [0.4, 0.5) is 0 Å². The van der Waals surface area contributed by atoms with E-state index in [4.69, 9.17) is 0 Å². The first-order valence-corrected chi connectivity index (χ1v) is 8.67. The van der Waals surface area contributed by atoms with Gasteiger partial charge in [0.25, 0.3) is 10.0 Å². The number of nitrogens with zero attached hydrogens (tertiary/aromatic N) is 2. The molecule has 0 saturated carbocycles. The maximum absolute atomic E-state index is 12.4. The van der Waals surface area contributed by atoms with Gasteiger partial charge in [0.1, 0.15) is 5.82 Å². The first-order valence-electron chi connectivity index (χ1n) is 7.19. The number of sulfonamides is 1. The van der Waals surface area contributed by atoms with Gasteiger partial charge in [-0.3, -0.25) is 0 Å². The summed E-state index contributed by atoms with van der Waals surface area (Å²) < 4.78 is 29.4. The lowest BCUT2D eigenvalue weighted by Gasteiger charge is -2.27.